The van der Waals surface area contributed by atoms with E-state index >= 15 is 0 Å². The Labute approximate surface area is 196 Å². The van der Waals surface area contributed by atoms with Gasteiger partial charge in [-0.3, -0.25) is 4.79 Å². The largest absolute Gasteiger partial charge is 0.504 e. The zero-order valence-electron chi connectivity index (χ0n) is 18.7. The summed E-state index contributed by atoms with van der Waals surface area (Å²) in [5.41, 5.74) is -1.15. The molecule has 0 saturated heterocycles. The number of hydrogen-bond donors (Lipinski definition) is 8. The molecular weight excluding hydrogens is 444 g/mol. The molecule has 184 valence electrons. The third-order valence-corrected chi connectivity index (χ3v) is 7.35. The zero-order chi connectivity index (χ0) is 24.7. The Morgan fingerprint density at radius 3 is 1.06 bits per heavy atom. The van der Waals surface area contributed by atoms with Crippen LogP contribution in [0.5, 0.6) is 46.0 Å². The van der Waals surface area contributed by atoms with Gasteiger partial charge in [0.25, 0.3) is 0 Å². The van der Waals surface area contributed by atoms with Gasteiger partial charge in [0, 0.05) is 11.1 Å². The predicted molar refractivity (Wildman–Crippen MR) is 121 cm³/mol. The molecule has 9 nitrogen and oxygen atoms in total. The van der Waals surface area contributed by atoms with Crippen LogP contribution in [0.25, 0.3) is 0 Å². The fourth-order valence-corrected chi connectivity index (χ4v) is 5.59. The highest BCUT2D eigenvalue weighted by Crippen LogP contribution is 2.56. The van der Waals surface area contributed by atoms with Crippen LogP contribution in [0.15, 0.2) is 0 Å². The molecular formula is C25H30O9. The molecule has 8 N–H and O–H groups in total. The monoisotopic (exact) mass is 474 g/mol. The molecule has 0 atom stereocenters. The standard InChI is InChI=1S/C25H30O9/c26-17(15-13(11-7-3-1-4-8-11)18(27)22(31)24(33)20(15)29)16-14(12-9-5-2-6-10-12)19(28)23(32)25(34)21(16)30/h11-12,27-34H,1-10H2. The third kappa shape index (κ3) is 3.69. The van der Waals surface area contributed by atoms with Crippen molar-refractivity contribution in [2.45, 2.75) is 76.0 Å². The van der Waals surface area contributed by atoms with Crippen LogP contribution in [0.4, 0.5) is 0 Å². The molecule has 2 aliphatic rings. The second kappa shape index (κ2) is 9.04. The van der Waals surface area contributed by atoms with Crippen molar-refractivity contribution in [2.24, 2.45) is 0 Å². The molecule has 0 unspecified atom stereocenters. The van der Waals surface area contributed by atoms with Gasteiger partial charge >= 0.3 is 0 Å². The molecule has 2 saturated carbocycles. The molecule has 0 heterocycles. The van der Waals surface area contributed by atoms with Crippen LogP contribution >= 0.6 is 0 Å². The van der Waals surface area contributed by atoms with E-state index < -0.39 is 74.7 Å². The second-order valence-corrected chi connectivity index (χ2v) is 9.37. The fourth-order valence-electron chi connectivity index (χ4n) is 5.59. The first-order valence-electron chi connectivity index (χ1n) is 11.7. The van der Waals surface area contributed by atoms with Crippen molar-refractivity contribution in [1.29, 1.82) is 0 Å². The lowest BCUT2D eigenvalue weighted by atomic mass is 9.76. The molecule has 0 aromatic heterocycles. The van der Waals surface area contributed by atoms with Crippen LogP contribution in [-0.4, -0.2) is 46.6 Å². The van der Waals surface area contributed by atoms with Crippen molar-refractivity contribution >= 4 is 5.78 Å². The van der Waals surface area contributed by atoms with E-state index in [0.717, 1.165) is 38.5 Å². The number of ketones is 1. The van der Waals surface area contributed by atoms with Crippen molar-refractivity contribution in [1.82, 2.24) is 0 Å². The SMILES string of the molecule is O=C(c1c(O)c(O)c(O)c(O)c1C1CCCCC1)c1c(O)c(O)c(O)c(O)c1C1CCCCC1. The summed E-state index contributed by atoms with van der Waals surface area (Å²) >= 11 is 0. The number of hydrogen-bond acceptors (Lipinski definition) is 9. The normalized spacial score (nSPS) is 17.6. The summed E-state index contributed by atoms with van der Waals surface area (Å²) < 4.78 is 0. The second-order valence-electron chi connectivity index (χ2n) is 9.37. The molecule has 0 spiro atoms. The molecule has 2 aromatic carbocycles. The number of carbonyl (C=O) groups is 1. The Balaban J connectivity index is 2.00. The van der Waals surface area contributed by atoms with Gasteiger partial charge in [-0.25, -0.2) is 0 Å². The van der Waals surface area contributed by atoms with Crippen LogP contribution in [-0.2, 0) is 0 Å². The van der Waals surface area contributed by atoms with Gasteiger partial charge in [-0.05, 0) is 37.5 Å². The maximum Gasteiger partial charge on any atom is 0.205 e. The summed E-state index contributed by atoms with van der Waals surface area (Å²) in [5.74, 6) is -9.39. The fraction of sp³-hybridized carbons (Fsp3) is 0.480. The molecule has 0 amide bonds. The lowest BCUT2D eigenvalue weighted by Crippen LogP contribution is -2.16. The molecule has 0 bridgehead atoms. The Hall–Kier alpha value is -3.49. The van der Waals surface area contributed by atoms with Crippen LogP contribution in [0, 0.1) is 0 Å². The Morgan fingerprint density at radius 1 is 0.441 bits per heavy atom. The first kappa shape index (κ1) is 23.7. The Morgan fingerprint density at radius 2 is 0.735 bits per heavy atom. The summed E-state index contributed by atoms with van der Waals surface area (Å²) in [6.45, 7) is 0. The van der Waals surface area contributed by atoms with Crippen LogP contribution in [0.1, 0.15) is 103 Å². The van der Waals surface area contributed by atoms with E-state index in [-0.39, 0.29) is 11.1 Å². The molecule has 9 heteroatoms. The number of benzene rings is 2. The topological polar surface area (TPSA) is 179 Å². The van der Waals surface area contributed by atoms with Crippen molar-refractivity contribution in [3.8, 4) is 46.0 Å². The van der Waals surface area contributed by atoms with Crippen LogP contribution in [0.2, 0.25) is 0 Å². The zero-order valence-corrected chi connectivity index (χ0v) is 18.7. The van der Waals surface area contributed by atoms with E-state index in [4.69, 9.17) is 0 Å². The van der Waals surface area contributed by atoms with Crippen molar-refractivity contribution in [3.63, 3.8) is 0 Å². The van der Waals surface area contributed by atoms with E-state index in [9.17, 15) is 45.6 Å². The van der Waals surface area contributed by atoms with Gasteiger partial charge in [0.05, 0.1) is 11.1 Å². The summed E-state index contributed by atoms with van der Waals surface area (Å²) in [7, 11) is 0. The Kier molecular flexibility index (Phi) is 6.29. The summed E-state index contributed by atoms with van der Waals surface area (Å²) in [6, 6.07) is 0. The highest BCUT2D eigenvalue weighted by atomic mass is 16.4. The van der Waals surface area contributed by atoms with Gasteiger partial charge in [0.15, 0.2) is 23.0 Å². The van der Waals surface area contributed by atoms with E-state index in [1.54, 1.807) is 0 Å². The number of rotatable bonds is 4. The minimum atomic E-state index is -1.09. The predicted octanol–water partition coefficient (Wildman–Crippen LogP) is 4.66. The number of aromatic hydroxyl groups is 8. The van der Waals surface area contributed by atoms with E-state index in [0.29, 0.717) is 25.7 Å². The highest BCUT2D eigenvalue weighted by Gasteiger charge is 2.38. The molecule has 2 aromatic rings. The number of phenolic OH excluding ortho intramolecular Hbond substituents is 8. The molecule has 0 aliphatic heterocycles. The van der Waals surface area contributed by atoms with Gasteiger partial charge in [-0.15, -0.1) is 0 Å². The van der Waals surface area contributed by atoms with Gasteiger partial charge in [-0.1, -0.05) is 38.5 Å². The minimum absolute atomic E-state index is 0.0569. The molecule has 2 aliphatic carbocycles. The lowest BCUT2D eigenvalue weighted by molar-refractivity contribution is 0.102. The smallest absolute Gasteiger partial charge is 0.205 e. The number of phenols is 8. The van der Waals surface area contributed by atoms with Crippen LogP contribution < -0.4 is 0 Å². The van der Waals surface area contributed by atoms with Crippen LogP contribution in [0.3, 0.4) is 0 Å². The average Bonchev–Trinajstić information content (AvgIpc) is 2.86. The quantitative estimate of drug-likeness (QED) is 0.178. The maximum atomic E-state index is 13.9. The van der Waals surface area contributed by atoms with Gasteiger partial charge in [0.1, 0.15) is 0 Å². The average molecular weight is 475 g/mol. The van der Waals surface area contributed by atoms with Crippen molar-refractivity contribution < 1.29 is 45.6 Å². The van der Waals surface area contributed by atoms with Crippen molar-refractivity contribution in [2.75, 3.05) is 0 Å². The maximum absolute atomic E-state index is 13.9. The van der Waals surface area contributed by atoms with Crippen molar-refractivity contribution in [3.05, 3.63) is 22.3 Å². The Bertz CT molecular complexity index is 1040. The summed E-state index contributed by atoms with van der Waals surface area (Å²) in [6.07, 6.45) is 7.30. The molecule has 0 radical (unpaired) electrons. The molecule has 2 fully saturated rings. The third-order valence-electron chi connectivity index (χ3n) is 7.35. The first-order valence-corrected chi connectivity index (χ1v) is 11.7. The minimum Gasteiger partial charge on any atom is -0.504 e. The summed E-state index contributed by atoms with van der Waals surface area (Å²) in [4.78, 5) is 13.9. The lowest BCUT2D eigenvalue weighted by Gasteiger charge is -2.28. The van der Waals surface area contributed by atoms with Gasteiger partial charge in [0.2, 0.25) is 28.8 Å². The molecule has 34 heavy (non-hydrogen) atoms. The number of carbonyl (C=O) groups excluding carboxylic acids is 1. The first-order chi connectivity index (χ1) is 16.2. The molecule has 4 rings (SSSR count). The highest BCUT2D eigenvalue weighted by molar-refractivity contribution is 6.16. The van der Waals surface area contributed by atoms with E-state index in [1.807, 2.05) is 0 Å². The van der Waals surface area contributed by atoms with E-state index in [2.05, 4.69) is 0 Å². The summed E-state index contributed by atoms with van der Waals surface area (Å²) in [5, 5.41) is 83.6. The van der Waals surface area contributed by atoms with Gasteiger partial charge < -0.3 is 40.9 Å². The van der Waals surface area contributed by atoms with E-state index in [1.165, 1.54) is 0 Å². The van der Waals surface area contributed by atoms with Gasteiger partial charge in [-0.2, -0.15) is 0 Å².